The van der Waals surface area contributed by atoms with Gasteiger partial charge in [0.05, 0.1) is 5.60 Å². The normalized spacial score (nSPS) is 45.9. The monoisotopic (exact) mass is 140 g/mol. The van der Waals surface area contributed by atoms with Crippen molar-refractivity contribution in [1.29, 1.82) is 0 Å². The van der Waals surface area contributed by atoms with Gasteiger partial charge in [-0.3, -0.25) is 0 Å². The largest absolute Gasteiger partial charge is 0.378 e. The Balaban J connectivity index is 2.15. The summed E-state index contributed by atoms with van der Waals surface area (Å²) in [6.45, 7) is 0. The highest BCUT2D eigenvalue weighted by Gasteiger charge is 2.46. The summed E-state index contributed by atoms with van der Waals surface area (Å²) in [5.74, 6) is 0.914. The Labute approximate surface area is 62.8 Å². The molecule has 1 nitrogen and oxygen atoms in total. The number of hydrogen-bond acceptors (Lipinski definition) is 1. The number of hydrogen-bond donors (Lipinski definition) is 0. The number of fused-ring (bicyclic) bond motifs is 1. The summed E-state index contributed by atoms with van der Waals surface area (Å²) in [7, 11) is 1.89. The fourth-order valence-electron chi connectivity index (χ4n) is 2.87. The Morgan fingerprint density at radius 2 is 1.80 bits per heavy atom. The van der Waals surface area contributed by atoms with Crippen molar-refractivity contribution in [2.45, 2.75) is 44.1 Å². The average molecular weight is 140 g/mol. The molecule has 0 aliphatic heterocycles. The molecule has 0 atom stereocenters. The molecule has 10 heavy (non-hydrogen) atoms. The van der Waals surface area contributed by atoms with Gasteiger partial charge in [-0.05, 0) is 31.6 Å². The van der Waals surface area contributed by atoms with Crippen LogP contribution < -0.4 is 0 Å². The van der Waals surface area contributed by atoms with Crippen LogP contribution in [0.2, 0.25) is 0 Å². The SMILES string of the molecule is COC12CCCC1CCC2. The Morgan fingerprint density at radius 1 is 1.20 bits per heavy atom. The summed E-state index contributed by atoms with van der Waals surface area (Å²) in [4.78, 5) is 0. The van der Waals surface area contributed by atoms with Crippen molar-refractivity contribution in [3.05, 3.63) is 0 Å². The van der Waals surface area contributed by atoms with Gasteiger partial charge in [-0.1, -0.05) is 12.8 Å². The van der Waals surface area contributed by atoms with Crippen molar-refractivity contribution in [3.8, 4) is 0 Å². The first-order valence-electron chi connectivity index (χ1n) is 4.42. The van der Waals surface area contributed by atoms with E-state index >= 15 is 0 Å². The molecule has 0 aromatic rings. The average Bonchev–Trinajstić information content (AvgIpc) is 2.42. The predicted molar refractivity (Wildman–Crippen MR) is 40.9 cm³/mol. The minimum atomic E-state index is 0.347. The fraction of sp³-hybridized carbons (Fsp3) is 1.00. The maximum atomic E-state index is 5.62. The van der Waals surface area contributed by atoms with Crippen LogP contribution >= 0.6 is 0 Å². The van der Waals surface area contributed by atoms with Gasteiger partial charge in [-0.25, -0.2) is 0 Å². The molecule has 2 aliphatic rings. The second-order valence-electron chi connectivity index (χ2n) is 3.75. The molecule has 0 heterocycles. The summed E-state index contributed by atoms with van der Waals surface area (Å²) in [5.41, 5.74) is 0.347. The zero-order chi connectivity index (χ0) is 7.03. The van der Waals surface area contributed by atoms with E-state index in [0.717, 1.165) is 5.92 Å². The van der Waals surface area contributed by atoms with Crippen LogP contribution in [0.3, 0.4) is 0 Å². The molecule has 0 bridgehead atoms. The smallest absolute Gasteiger partial charge is 0.0706 e. The van der Waals surface area contributed by atoms with Gasteiger partial charge in [0.1, 0.15) is 0 Å². The summed E-state index contributed by atoms with van der Waals surface area (Å²) < 4.78 is 5.62. The summed E-state index contributed by atoms with van der Waals surface area (Å²) in [6, 6.07) is 0. The maximum absolute atomic E-state index is 5.62. The lowest BCUT2D eigenvalue weighted by atomic mass is 9.95. The zero-order valence-electron chi connectivity index (χ0n) is 6.73. The minimum absolute atomic E-state index is 0.347. The molecular weight excluding hydrogens is 124 g/mol. The lowest BCUT2D eigenvalue weighted by Gasteiger charge is -2.27. The standard InChI is InChI=1S/C9H16O/c1-10-9-6-2-4-8(9)5-3-7-9/h8H,2-7H2,1H3. The first-order valence-corrected chi connectivity index (χ1v) is 4.42. The van der Waals surface area contributed by atoms with E-state index in [1.807, 2.05) is 7.11 Å². The van der Waals surface area contributed by atoms with Crippen molar-refractivity contribution < 1.29 is 4.74 Å². The molecule has 0 spiro atoms. The lowest BCUT2D eigenvalue weighted by molar-refractivity contribution is -0.0241. The van der Waals surface area contributed by atoms with Gasteiger partial charge < -0.3 is 4.74 Å². The number of methoxy groups -OCH3 is 1. The van der Waals surface area contributed by atoms with Crippen LogP contribution in [0, 0.1) is 5.92 Å². The van der Waals surface area contributed by atoms with Crippen LogP contribution in [0.1, 0.15) is 38.5 Å². The van der Waals surface area contributed by atoms with Gasteiger partial charge in [-0.2, -0.15) is 0 Å². The van der Waals surface area contributed by atoms with E-state index in [2.05, 4.69) is 0 Å². The van der Waals surface area contributed by atoms with Gasteiger partial charge in [0.15, 0.2) is 0 Å². The highest BCUT2D eigenvalue weighted by atomic mass is 16.5. The second kappa shape index (κ2) is 2.23. The van der Waals surface area contributed by atoms with E-state index in [-0.39, 0.29) is 0 Å². The van der Waals surface area contributed by atoms with Gasteiger partial charge in [-0.15, -0.1) is 0 Å². The molecule has 0 aromatic carbocycles. The Bertz CT molecular complexity index is 121. The third-order valence-corrected chi connectivity index (χ3v) is 3.46. The van der Waals surface area contributed by atoms with Crippen LogP contribution in [0.25, 0.3) is 0 Å². The van der Waals surface area contributed by atoms with Gasteiger partial charge in [0, 0.05) is 7.11 Å². The van der Waals surface area contributed by atoms with E-state index in [1.54, 1.807) is 0 Å². The van der Waals surface area contributed by atoms with Crippen molar-refractivity contribution in [1.82, 2.24) is 0 Å². The molecule has 0 amide bonds. The Hall–Kier alpha value is -0.0400. The van der Waals surface area contributed by atoms with E-state index in [9.17, 15) is 0 Å². The third-order valence-electron chi connectivity index (χ3n) is 3.46. The molecule has 0 unspecified atom stereocenters. The maximum Gasteiger partial charge on any atom is 0.0706 e. The second-order valence-corrected chi connectivity index (χ2v) is 3.75. The number of rotatable bonds is 1. The topological polar surface area (TPSA) is 9.23 Å². The molecule has 0 aromatic heterocycles. The van der Waals surface area contributed by atoms with Gasteiger partial charge >= 0.3 is 0 Å². The van der Waals surface area contributed by atoms with E-state index in [0.29, 0.717) is 5.60 Å². The van der Waals surface area contributed by atoms with Gasteiger partial charge in [0.2, 0.25) is 0 Å². The van der Waals surface area contributed by atoms with Crippen molar-refractivity contribution in [2.24, 2.45) is 5.92 Å². The third kappa shape index (κ3) is 0.731. The Morgan fingerprint density at radius 3 is 2.20 bits per heavy atom. The van der Waals surface area contributed by atoms with Crippen LogP contribution in [0.4, 0.5) is 0 Å². The first kappa shape index (κ1) is 6.66. The summed E-state index contributed by atoms with van der Waals surface area (Å²) in [5, 5.41) is 0. The highest BCUT2D eigenvalue weighted by molar-refractivity contribution is 4.98. The molecule has 0 saturated heterocycles. The van der Waals surface area contributed by atoms with E-state index in [4.69, 9.17) is 4.74 Å². The van der Waals surface area contributed by atoms with Crippen molar-refractivity contribution in [3.63, 3.8) is 0 Å². The Kier molecular flexibility index (Phi) is 1.48. The molecule has 0 N–H and O–H groups in total. The molecule has 2 rings (SSSR count). The van der Waals surface area contributed by atoms with E-state index in [1.165, 1.54) is 38.5 Å². The molecule has 2 saturated carbocycles. The minimum Gasteiger partial charge on any atom is -0.378 e. The molecule has 58 valence electrons. The van der Waals surface area contributed by atoms with Crippen LogP contribution in [-0.2, 0) is 4.74 Å². The van der Waals surface area contributed by atoms with Crippen LogP contribution in [-0.4, -0.2) is 12.7 Å². The van der Waals surface area contributed by atoms with Crippen LogP contribution in [0.5, 0.6) is 0 Å². The summed E-state index contributed by atoms with van der Waals surface area (Å²) >= 11 is 0. The molecule has 2 fully saturated rings. The molecular formula is C9H16O. The molecule has 0 radical (unpaired) electrons. The predicted octanol–water partition coefficient (Wildman–Crippen LogP) is 2.36. The van der Waals surface area contributed by atoms with E-state index < -0.39 is 0 Å². The molecule has 1 heteroatoms. The first-order chi connectivity index (χ1) is 4.87. The highest BCUT2D eigenvalue weighted by Crippen LogP contribution is 2.49. The molecule has 2 aliphatic carbocycles. The number of ether oxygens (including phenoxy) is 1. The fourth-order valence-corrected chi connectivity index (χ4v) is 2.87. The van der Waals surface area contributed by atoms with Crippen LogP contribution in [0.15, 0.2) is 0 Å². The zero-order valence-corrected chi connectivity index (χ0v) is 6.73. The lowest BCUT2D eigenvalue weighted by Crippen LogP contribution is -2.30. The summed E-state index contributed by atoms with van der Waals surface area (Å²) in [6.07, 6.45) is 8.31. The quantitative estimate of drug-likeness (QED) is 0.543. The van der Waals surface area contributed by atoms with Gasteiger partial charge in [0.25, 0.3) is 0 Å². The van der Waals surface area contributed by atoms with Crippen molar-refractivity contribution >= 4 is 0 Å². The van der Waals surface area contributed by atoms with Crippen molar-refractivity contribution in [2.75, 3.05) is 7.11 Å².